The third-order valence-corrected chi connectivity index (χ3v) is 6.63. The summed E-state index contributed by atoms with van der Waals surface area (Å²) in [4.78, 5) is 8.92. The van der Waals surface area contributed by atoms with E-state index in [0.717, 1.165) is 37.3 Å². The molecule has 2 aromatic heterocycles. The van der Waals surface area contributed by atoms with Crippen molar-refractivity contribution in [2.45, 2.75) is 50.7 Å². The molecular weight excluding hydrogens is 415 g/mol. The van der Waals surface area contributed by atoms with E-state index in [2.05, 4.69) is 15.3 Å². The summed E-state index contributed by atoms with van der Waals surface area (Å²) in [5.74, 6) is 2.65. The summed E-state index contributed by atoms with van der Waals surface area (Å²) in [5, 5.41) is 3.64. The van der Waals surface area contributed by atoms with Gasteiger partial charge < -0.3 is 14.8 Å². The number of hydrogen-bond acceptors (Lipinski definition) is 6. The zero-order valence-electron chi connectivity index (χ0n) is 16.1. The van der Waals surface area contributed by atoms with E-state index in [1.807, 2.05) is 18.2 Å². The number of nitrogens with zero attached hydrogens (tertiary/aromatic N) is 2. The number of anilines is 1. The first-order valence-corrected chi connectivity index (χ1v) is 10.8. The van der Waals surface area contributed by atoms with Crippen molar-refractivity contribution in [1.29, 1.82) is 0 Å². The third-order valence-electron chi connectivity index (χ3n) is 5.56. The lowest BCUT2D eigenvalue weighted by Crippen LogP contribution is -2.11. The summed E-state index contributed by atoms with van der Waals surface area (Å²) < 4.78 is 50.6. The van der Waals surface area contributed by atoms with Crippen molar-refractivity contribution in [2.75, 3.05) is 12.1 Å². The van der Waals surface area contributed by atoms with Crippen LogP contribution >= 0.6 is 11.3 Å². The minimum atomic E-state index is -4.40. The van der Waals surface area contributed by atoms with Crippen LogP contribution in [0.5, 0.6) is 11.5 Å². The maximum absolute atomic E-state index is 13.3. The van der Waals surface area contributed by atoms with Crippen LogP contribution in [0.25, 0.3) is 10.2 Å². The van der Waals surface area contributed by atoms with E-state index < -0.39 is 11.1 Å². The molecule has 0 amide bonds. The fourth-order valence-corrected chi connectivity index (χ4v) is 4.90. The van der Waals surface area contributed by atoms with Crippen molar-refractivity contribution < 1.29 is 22.6 Å². The van der Waals surface area contributed by atoms with E-state index >= 15 is 0 Å². The molecule has 5 rings (SSSR count). The molecule has 158 valence electrons. The maximum atomic E-state index is 13.3. The van der Waals surface area contributed by atoms with Crippen molar-refractivity contribution in [1.82, 2.24) is 9.97 Å². The summed E-state index contributed by atoms with van der Waals surface area (Å²) in [6.07, 6.45) is 0.944. The second-order valence-electron chi connectivity index (χ2n) is 7.63. The van der Waals surface area contributed by atoms with Crippen LogP contribution in [0.4, 0.5) is 19.0 Å². The highest BCUT2D eigenvalue weighted by molar-refractivity contribution is 7.18. The van der Waals surface area contributed by atoms with Gasteiger partial charge in [-0.2, -0.15) is 13.2 Å². The first-order valence-electron chi connectivity index (χ1n) is 9.98. The molecular formula is C21H20F3N3O2S. The zero-order chi connectivity index (χ0) is 20.7. The normalized spacial score (nSPS) is 16.9. The smallest absolute Gasteiger partial charge is 0.425 e. The Morgan fingerprint density at radius 3 is 2.63 bits per heavy atom. The lowest BCUT2D eigenvalue weighted by molar-refractivity contribution is -0.134. The van der Waals surface area contributed by atoms with Crippen LogP contribution in [-0.2, 0) is 12.7 Å². The lowest BCUT2D eigenvalue weighted by atomic mass is 9.88. The minimum absolute atomic E-state index is 0.193. The highest BCUT2D eigenvalue weighted by Gasteiger charge is 2.34. The van der Waals surface area contributed by atoms with Crippen molar-refractivity contribution >= 4 is 27.4 Å². The van der Waals surface area contributed by atoms with Gasteiger partial charge in [0.25, 0.3) is 0 Å². The van der Waals surface area contributed by atoms with E-state index in [-0.39, 0.29) is 12.7 Å². The van der Waals surface area contributed by atoms with Gasteiger partial charge in [-0.25, -0.2) is 9.97 Å². The van der Waals surface area contributed by atoms with Gasteiger partial charge >= 0.3 is 6.18 Å². The fraction of sp³-hybridized carbons (Fsp3) is 0.429. The van der Waals surface area contributed by atoms with E-state index in [0.29, 0.717) is 51.2 Å². The topological polar surface area (TPSA) is 56.3 Å². The molecule has 1 aliphatic heterocycles. The standard InChI is InChI=1S/C21H20F3N3O2S/c22-21(23,24)17-9-14-19(25-10-12-6-7-15-16(8-12)29-11-28-15)26-18(27-20(14)30-17)13-4-2-1-3-5-13/h6-9,13H,1-5,10-11H2,(H,25,26,27). The van der Waals surface area contributed by atoms with Crippen LogP contribution in [0.2, 0.25) is 0 Å². The average molecular weight is 435 g/mol. The monoisotopic (exact) mass is 435 g/mol. The maximum Gasteiger partial charge on any atom is 0.425 e. The molecule has 0 bridgehead atoms. The Balaban J connectivity index is 1.48. The first kappa shape index (κ1) is 19.4. The number of aromatic nitrogens is 2. The molecule has 1 N–H and O–H groups in total. The first-order chi connectivity index (χ1) is 14.5. The number of halogens is 3. The quantitative estimate of drug-likeness (QED) is 0.537. The van der Waals surface area contributed by atoms with Gasteiger partial charge in [0.2, 0.25) is 6.79 Å². The molecule has 1 aromatic carbocycles. The van der Waals surface area contributed by atoms with Gasteiger partial charge in [-0.3, -0.25) is 0 Å². The summed E-state index contributed by atoms with van der Waals surface area (Å²) in [7, 11) is 0. The van der Waals surface area contributed by atoms with E-state index in [9.17, 15) is 13.2 Å². The van der Waals surface area contributed by atoms with Crippen LogP contribution in [0, 0.1) is 0 Å². The van der Waals surface area contributed by atoms with Gasteiger partial charge in [-0.05, 0) is 36.6 Å². The SMILES string of the molecule is FC(F)(F)c1cc2c(NCc3ccc4c(c3)OCO4)nc(C3CCCCC3)nc2s1. The van der Waals surface area contributed by atoms with Gasteiger partial charge in [-0.1, -0.05) is 25.3 Å². The Kier molecular flexibility index (Phi) is 4.92. The number of ether oxygens (including phenoxy) is 2. The van der Waals surface area contributed by atoms with Crippen LogP contribution in [-0.4, -0.2) is 16.8 Å². The van der Waals surface area contributed by atoms with Crippen molar-refractivity contribution in [2.24, 2.45) is 0 Å². The van der Waals surface area contributed by atoms with Crippen LogP contribution in [0.1, 0.15) is 54.3 Å². The highest BCUT2D eigenvalue weighted by Crippen LogP contribution is 2.41. The van der Waals surface area contributed by atoms with Crippen molar-refractivity contribution in [3.05, 3.63) is 40.5 Å². The van der Waals surface area contributed by atoms with Gasteiger partial charge in [-0.15, -0.1) is 11.3 Å². The Morgan fingerprint density at radius 1 is 1.03 bits per heavy atom. The average Bonchev–Trinajstić information content (AvgIpc) is 3.38. The summed E-state index contributed by atoms with van der Waals surface area (Å²) in [6, 6.07) is 6.74. The van der Waals surface area contributed by atoms with E-state index in [4.69, 9.17) is 9.47 Å². The van der Waals surface area contributed by atoms with Crippen LogP contribution in [0.15, 0.2) is 24.3 Å². The van der Waals surface area contributed by atoms with Crippen molar-refractivity contribution in [3.8, 4) is 11.5 Å². The molecule has 1 saturated carbocycles. The number of fused-ring (bicyclic) bond motifs is 2. The van der Waals surface area contributed by atoms with Gasteiger partial charge in [0.15, 0.2) is 11.5 Å². The number of thiophene rings is 1. The molecule has 3 heterocycles. The number of rotatable bonds is 4. The molecule has 0 saturated heterocycles. The lowest BCUT2D eigenvalue weighted by Gasteiger charge is -2.21. The number of hydrogen-bond donors (Lipinski definition) is 1. The summed E-state index contributed by atoms with van der Waals surface area (Å²) >= 11 is 0.682. The number of nitrogens with one attached hydrogen (secondary N) is 1. The zero-order valence-corrected chi connectivity index (χ0v) is 16.9. The van der Waals surface area contributed by atoms with Gasteiger partial charge in [0.1, 0.15) is 21.3 Å². The fourth-order valence-electron chi connectivity index (χ4n) is 3.99. The Bertz CT molecular complexity index is 1080. The third kappa shape index (κ3) is 3.78. The summed E-state index contributed by atoms with van der Waals surface area (Å²) in [6.45, 7) is 0.600. The number of benzene rings is 1. The van der Waals surface area contributed by atoms with Gasteiger partial charge in [0, 0.05) is 12.5 Å². The van der Waals surface area contributed by atoms with Crippen LogP contribution in [0.3, 0.4) is 0 Å². The molecule has 0 atom stereocenters. The molecule has 1 fully saturated rings. The predicted octanol–water partition coefficient (Wildman–Crippen LogP) is 6.10. The Labute approximate surface area is 175 Å². The predicted molar refractivity (Wildman–Crippen MR) is 108 cm³/mol. The second-order valence-corrected chi connectivity index (χ2v) is 8.66. The molecule has 3 aromatic rings. The Morgan fingerprint density at radius 2 is 1.83 bits per heavy atom. The van der Waals surface area contributed by atoms with Gasteiger partial charge in [0.05, 0.1) is 5.39 Å². The molecule has 0 unspecified atom stereocenters. The summed E-state index contributed by atoms with van der Waals surface area (Å²) in [5.41, 5.74) is 0.927. The second kappa shape index (κ2) is 7.61. The molecule has 2 aliphatic rings. The molecule has 9 heteroatoms. The van der Waals surface area contributed by atoms with E-state index in [1.165, 1.54) is 6.42 Å². The largest absolute Gasteiger partial charge is 0.454 e. The highest BCUT2D eigenvalue weighted by atomic mass is 32.1. The molecule has 1 aliphatic carbocycles. The molecule has 0 radical (unpaired) electrons. The minimum Gasteiger partial charge on any atom is -0.454 e. The van der Waals surface area contributed by atoms with Crippen molar-refractivity contribution in [3.63, 3.8) is 0 Å². The molecule has 30 heavy (non-hydrogen) atoms. The Hall–Kier alpha value is -2.55. The van der Waals surface area contributed by atoms with Crippen LogP contribution < -0.4 is 14.8 Å². The van der Waals surface area contributed by atoms with E-state index in [1.54, 1.807) is 0 Å². The number of alkyl halides is 3. The molecule has 0 spiro atoms. The molecule has 5 nitrogen and oxygen atoms in total.